The van der Waals surface area contributed by atoms with Crippen molar-refractivity contribution in [2.75, 3.05) is 6.54 Å². The Morgan fingerprint density at radius 3 is 2.50 bits per heavy atom. The minimum atomic E-state index is -0.461. The molecule has 0 unspecified atom stereocenters. The highest BCUT2D eigenvalue weighted by atomic mass is 79.9. The third-order valence-electron chi connectivity index (χ3n) is 3.37. The fourth-order valence-corrected chi connectivity index (χ4v) is 3.25. The van der Waals surface area contributed by atoms with Gasteiger partial charge in [-0.2, -0.15) is 0 Å². The van der Waals surface area contributed by atoms with Crippen LogP contribution in [-0.4, -0.2) is 28.4 Å². The first kappa shape index (κ1) is 18.4. The molecule has 0 saturated carbocycles. The van der Waals surface area contributed by atoms with Gasteiger partial charge >= 0.3 is 0 Å². The molecule has 2 rings (SSSR count). The number of rotatable bonds is 4. The molecule has 0 saturated heterocycles. The molecule has 0 aliphatic carbocycles. The number of hydrazine groups is 1. The molecule has 0 aliphatic rings. The van der Waals surface area contributed by atoms with Gasteiger partial charge < -0.3 is 10.2 Å². The first-order chi connectivity index (χ1) is 11.4. The summed E-state index contributed by atoms with van der Waals surface area (Å²) in [6.07, 6.45) is 0. The molecule has 2 aromatic carbocycles. The van der Waals surface area contributed by atoms with Crippen LogP contribution in [0.5, 0.6) is 11.5 Å². The van der Waals surface area contributed by atoms with E-state index in [0.717, 1.165) is 11.1 Å². The van der Waals surface area contributed by atoms with E-state index in [0.29, 0.717) is 15.7 Å². The van der Waals surface area contributed by atoms with Crippen LogP contribution in [0.2, 0.25) is 0 Å². The summed E-state index contributed by atoms with van der Waals surface area (Å²) in [6.45, 7) is 1.70. The van der Waals surface area contributed by atoms with Gasteiger partial charge in [-0.25, -0.2) is 5.84 Å². The summed E-state index contributed by atoms with van der Waals surface area (Å²) in [5.74, 6) is 4.34. The number of phenolic OH excluding ortho intramolecular Hbond substituents is 2. The third-order valence-corrected chi connectivity index (χ3v) is 4.72. The molecule has 0 bridgehead atoms. The molecular formula is C16H15Br2N3O3. The lowest BCUT2D eigenvalue weighted by molar-refractivity contribution is -0.119. The number of amides is 1. The largest absolute Gasteiger partial charge is 0.506 e. The second-order valence-electron chi connectivity index (χ2n) is 4.96. The van der Waals surface area contributed by atoms with Crippen LogP contribution in [0.1, 0.15) is 16.7 Å². The highest BCUT2D eigenvalue weighted by molar-refractivity contribution is 9.11. The van der Waals surface area contributed by atoms with Crippen molar-refractivity contribution in [3.05, 3.63) is 56.0 Å². The van der Waals surface area contributed by atoms with E-state index in [1.807, 2.05) is 36.6 Å². The van der Waals surface area contributed by atoms with Gasteiger partial charge in [-0.15, -0.1) is 0 Å². The smallest absolute Gasteiger partial charge is 0.255 e. The first-order valence-corrected chi connectivity index (χ1v) is 8.45. The minimum absolute atomic E-state index is 0.125. The van der Waals surface area contributed by atoms with Crippen molar-refractivity contribution >= 4 is 43.5 Å². The molecule has 1 amide bonds. The number of carbonyl (C=O) groups excluding carboxylic acids is 1. The lowest BCUT2D eigenvalue weighted by Gasteiger charge is -2.14. The predicted molar refractivity (Wildman–Crippen MR) is 99.2 cm³/mol. The van der Waals surface area contributed by atoms with Crippen LogP contribution in [0, 0.1) is 6.92 Å². The molecule has 0 atom stereocenters. The topological polar surface area (TPSA) is 108 Å². The van der Waals surface area contributed by atoms with Crippen LogP contribution < -0.4 is 11.3 Å². The summed E-state index contributed by atoms with van der Waals surface area (Å²) in [7, 11) is 0. The number of nitrogens with two attached hydrogens (primary N) is 1. The van der Waals surface area contributed by atoms with Crippen molar-refractivity contribution in [1.29, 1.82) is 0 Å². The Hall–Kier alpha value is -1.90. The van der Waals surface area contributed by atoms with Crippen LogP contribution in [0.3, 0.4) is 0 Å². The van der Waals surface area contributed by atoms with Gasteiger partial charge in [0, 0.05) is 11.1 Å². The molecule has 24 heavy (non-hydrogen) atoms. The SMILES string of the molecule is Cc1ccccc1C(=NCC(=O)NN)c1cc(Br)c(O)c(Br)c1O. The fraction of sp³-hybridized carbons (Fsp3) is 0.125. The summed E-state index contributed by atoms with van der Waals surface area (Å²) in [4.78, 5) is 15.8. The van der Waals surface area contributed by atoms with Crippen molar-refractivity contribution in [2.24, 2.45) is 10.8 Å². The highest BCUT2D eigenvalue weighted by Gasteiger charge is 2.20. The number of nitrogens with one attached hydrogen (secondary N) is 1. The maximum Gasteiger partial charge on any atom is 0.255 e. The summed E-state index contributed by atoms with van der Waals surface area (Å²) in [5.41, 5.74) is 4.47. The first-order valence-electron chi connectivity index (χ1n) is 6.87. The maximum absolute atomic E-state index is 11.5. The van der Waals surface area contributed by atoms with Crippen LogP contribution >= 0.6 is 31.9 Å². The molecule has 0 spiro atoms. The Morgan fingerprint density at radius 1 is 1.21 bits per heavy atom. The molecule has 8 heteroatoms. The number of phenols is 2. The van der Waals surface area contributed by atoms with E-state index in [1.165, 1.54) is 0 Å². The van der Waals surface area contributed by atoms with E-state index in [4.69, 9.17) is 5.84 Å². The summed E-state index contributed by atoms with van der Waals surface area (Å²) in [5, 5.41) is 20.3. The van der Waals surface area contributed by atoms with E-state index >= 15 is 0 Å². The second-order valence-corrected chi connectivity index (χ2v) is 6.61. The number of halogens is 2. The third kappa shape index (κ3) is 3.77. The highest BCUT2D eigenvalue weighted by Crippen LogP contribution is 2.42. The molecule has 0 radical (unpaired) electrons. The molecule has 0 aliphatic heterocycles. The Kier molecular flexibility index (Phi) is 5.98. The molecule has 126 valence electrons. The van der Waals surface area contributed by atoms with E-state index in [2.05, 4.69) is 36.9 Å². The number of hydrogen-bond acceptors (Lipinski definition) is 5. The number of aryl methyl sites for hydroxylation is 1. The average molecular weight is 457 g/mol. The van der Waals surface area contributed by atoms with Gasteiger partial charge in [0.1, 0.15) is 22.5 Å². The summed E-state index contributed by atoms with van der Waals surface area (Å²) in [6, 6.07) is 8.99. The quantitative estimate of drug-likeness (QED) is 0.245. The second kappa shape index (κ2) is 7.78. The number of aliphatic imine (C=N–C) groups is 1. The zero-order chi connectivity index (χ0) is 17.9. The zero-order valence-corrected chi connectivity index (χ0v) is 15.8. The minimum Gasteiger partial charge on any atom is -0.506 e. The number of aromatic hydroxyl groups is 2. The van der Waals surface area contributed by atoms with Crippen LogP contribution in [-0.2, 0) is 4.79 Å². The van der Waals surface area contributed by atoms with E-state index in [1.54, 1.807) is 6.07 Å². The standard InChI is InChI=1S/C16H15Br2N3O3/c1-8-4-2-3-5-9(8)14(20-7-12(22)21-19)10-6-11(17)16(24)13(18)15(10)23/h2-6,23-24H,7,19H2,1H3,(H,21,22). The Morgan fingerprint density at radius 2 is 1.88 bits per heavy atom. The Bertz CT molecular complexity index is 822. The molecular weight excluding hydrogens is 442 g/mol. The Balaban J connectivity index is 2.68. The molecule has 0 aromatic heterocycles. The van der Waals surface area contributed by atoms with Gasteiger partial charge in [0.05, 0.1) is 10.2 Å². The van der Waals surface area contributed by atoms with Crippen LogP contribution in [0.25, 0.3) is 0 Å². The summed E-state index contributed by atoms with van der Waals surface area (Å²) >= 11 is 6.39. The zero-order valence-electron chi connectivity index (χ0n) is 12.7. The van der Waals surface area contributed by atoms with Crippen molar-refractivity contribution in [3.8, 4) is 11.5 Å². The maximum atomic E-state index is 11.5. The monoisotopic (exact) mass is 455 g/mol. The summed E-state index contributed by atoms with van der Waals surface area (Å²) < 4.78 is 0.517. The van der Waals surface area contributed by atoms with Gasteiger partial charge in [-0.1, -0.05) is 24.3 Å². The number of carbonyl (C=O) groups is 1. The molecule has 6 nitrogen and oxygen atoms in total. The lowest BCUT2D eigenvalue weighted by atomic mass is 9.97. The number of hydrogen-bond donors (Lipinski definition) is 4. The lowest BCUT2D eigenvalue weighted by Crippen LogP contribution is -2.32. The van der Waals surface area contributed by atoms with E-state index in [-0.39, 0.29) is 22.5 Å². The van der Waals surface area contributed by atoms with E-state index < -0.39 is 5.91 Å². The Labute approximate surface area is 155 Å². The molecule has 0 heterocycles. The van der Waals surface area contributed by atoms with Gasteiger partial charge in [0.2, 0.25) is 0 Å². The van der Waals surface area contributed by atoms with Gasteiger partial charge in [-0.3, -0.25) is 15.2 Å². The van der Waals surface area contributed by atoms with Crippen molar-refractivity contribution in [2.45, 2.75) is 6.92 Å². The average Bonchev–Trinajstić information content (AvgIpc) is 2.58. The molecule has 0 fully saturated rings. The van der Waals surface area contributed by atoms with Crippen LogP contribution in [0.4, 0.5) is 0 Å². The van der Waals surface area contributed by atoms with Crippen molar-refractivity contribution in [1.82, 2.24) is 5.43 Å². The van der Waals surface area contributed by atoms with Crippen molar-refractivity contribution < 1.29 is 15.0 Å². The normalized spacial score (nSPS) is 11.4. The number of nitrogens with zero attached hydrogens (tertiary/aromatic N) is 1. The molecule has 5 N–H and O–H groups in total. The predicted octanol–water partition coefficient (Wildman–Crippen LogP) is 2.76. The molecule has 2 aromatic rings. The van der Waals surface area contributed by atoms with Gasteiger partial charge in [0.15, 0.2) is 0 Å². The number of benzene rings is 2. The van der Waals surface area contributed by atoms with Crippen molar-refractivity contribution in [3.63, 3.8) is 0 Å². The van der Waals surface area contributed by atoms with Gasteiger partial charge in [-0.05, 0) is 50.4 Å². The van der Waals surface area contributed by atoms with Gasteiger partial charge in [0.25, 0.3) is 5.91 Å². The fourth-order valence-electron chi connectivity index (χ4n) is 2.13. The van der Waals surface area contributed by atoms with E-state index in [9.17, 15) is 15.0 Å². The van der Waals surface area contributed by atoms with Crippen LogP contribution in [0.15, 0.2) is 44.3 Å².